The molecule has 0 atom stereocenters. The van der Waals surface area contributed by atoms with Gasteiger partial charge < -0.3 is 10.0 Å². The van der Waals surface area contributed by atoms with Crippen molar-refractivity contribution in [3.63, 3.8) is 0 Å². The Labute approximate surface area is 102 Å². The summed E-state index contributed by atoms with van der Waals surface area (Å²) in [6.45, 7) is 4.19. The molecule has 1 aliphatic rings. The molecule has 92 valence electrons. The number of benzene rings is 1. The third-order valence-corrected chi connectivity index (χ3v) is 3.74. The first-order chi connectivity index (χ1) is 7.99. The Morgan fingerprint density at radius 3 is 2.53 bits per heavy atom. The predicted molar refractivity (Wildman–Crippen MR) is 68.5 cm³/mol. The van der Waals surface area contributed by atoms with Crippen LogP contribution in [0.2, 0.25) is 0 Å². The van der Waals surface area contributed by atoms with E-state index in [1.807, 2.05) is 0 Å². The number of nitrogens with zero attached hydrogens (tertiary/aromatic N) is 1. The van der Waals surface area contributed by atoms with Gasteiger partial charge in [0.2, 0.25) is 0 Å². The number of hydrogen-bond acceptors (Lipinski definition) is 2. The quantitative estimate of drug-likeness (QED) is 0.872. The molecular weight excluding hydrogens is 214 g/mol. The van der Waals surface area contributed by atoms with Crippen molar-refractivity contribution in [3.8, 4) is 0 Å². The summed E-state index contributed by atoms with van der Waals surface area (Å²) >= 11 is 0. The molecule has 1 aliphatic carbocycles. The van der Waals surface area contributed by atoms with E-state index in [0.717, 1.165) is 12.8 Å². The Kier molecular flexibility index (Phi) is 3.09. The molecule has 1 N–H and O–H groups in total. The molecular formula is C14H19NO2. The SMILES string of the molecule is Cc1ccc(N(C)C2CC(C(=O)O)C2)c(C)c1. The molecule has 0 saturated heterocycles. The monoisotopic (exact) mass is 233 g/mol. The van der Waals surface area contributed by atoms with Gasteiger partial charge in [-0.05, 0) is 38.3 Å². The highest BCUT2D eigenvalue weighted by Crippen LogP contribution is 2.35. The number of rotatable bonds is 3. The number of carbonyl (C=O) groups is 1. The fourth-order valence-corrected chi connectivity index (χ4v) is 2.50. The average molecular weight is 233 g/mol. The van der Waals surface area contributed by atoms with Crippen molar-refractivity contribution in [2.45, 2.75) is 32.7 Å². The zero-order valence-corrected chi connectivity index (χ0v) is 10.6. The number of hydrogen-bond donors (Lipinski definition) is 1. The summed E-state index contributed by atoms with van der Waals surface area (Å²) in [5.41, 5.74) is 3.73. The van der Waals surface area contributed by atoms with Crippen LogP contribution < -0.4 is 4.90 Å². The summed E-state index contributed by atoms with van der Waals surface area (Å²) in [6.07, 6.45) is 1.53. The summed E-state index contributed by atoms with van der Waals surface area (Å²) in [6, 6.07) is 6.77. The highest BCUT2D eigenvalue weighted by molar-refractivity contribution is 5.72. The minimum absolute atomic E-state index is 0.145. The summed E-state index contributed by atoms with van der Waals surface area (Å²) in [7, 11) is 2.06. The molecule has 0 radical (unpaired) electrons. The van der Waals surface area contributed by atoms with Crippen LogP contribution in [0.5, 0.6) is 0 Å². The highest BCUT2D eigenvalue weighted by Gasteiger charge is 2.37. The lowest BCUT2D eigenvalue weighted by molar-refractivity contribution is -0.145. The summed E-state index contributed by atoms with van der Waals surface area (Å²) in [4.78, 5) is 13.0. The van der Waals surface area contributed by atoms with Gasteiger partial charge in [0.25, 0.3) is 0 Å². The van der Waals surface area contributed by atoms with Crippen molar-refractivity contribution in [2.75, 3.05) is 11.9 Å². The molecule has 0 heterocycles. The third-order valence-electron chi connectivity index (χ3n) is 3.74. The number of carboxylic acid groups (broad SMARTS) is 1. The maximum Gasteiger partial charge on any atom is 0.306 e. The topological polar surface area (TPSA) is 40.5 Å². The maximum atomic E-state index is 10.8. The van der Waals surface area contributed by atoms with E-state index in [4.69, 9.17) is 5.11 Å². The van der Waals surface area contributed by atoms with E-state index in [1.165, 1.54) is 16.8 Å². The van der Waals surface area contributed by atoms with E-state index in [9.17, 15) is 4.79 Å². The van der Waals surface area contributed by atoms with Gasteiger partial charge in [0, 0.05) is 18.8 Å². The lowest BCUT2D eigenvalue weighted by Crippen LogP contribution is -2.45. The highest BCUT2D eigenvalue weighted by atomic mass is 16.4. The second kappa shape index (κ2) is 4.40. The lowest BCUT2D eigenvalue weighted by Gasteiger charge is -2.41. The molecule has 0 amide bonds. The molecule has 0 spiro atoms. The first kappa shape index (κ1) is 12.0. The molecule has 3 heteroatoms. The molecule has 1 fully saturated rings. The molecule has 0 aromatic heterocycles. The number of anilines is 1. The van der Waals surface area contributed by atoms with Crippen molar-refractivity contribution in [1.29, 1.82) is 0 Å². The summed E-state index contributed by atoms with van der Waals surface area (Å²) < 4.78 is 0. The predicted octanol–water partition coefficient (Wildman–Crippen LogP) is 2.60. The molecule has 2 rings (SSSR count). The lowest BCUT2D eigenvalue weighted by atomic mass is 9.79. The smallest absolute Gasteiger partial charge is 0.306 e. The standard InChI is InChI=1S/C14H19NO2/c1-9-4-5-13(10(2)6-9)15(3)12-7-11(8-12)14(16)17/h4-6,11-12H,7-8H2,1-3H3,(H,16,17). The normalized spacial score (nSPS) is 23.0. The second-order valence-corrected chi connectivity index (χ2v) is 5.06. The van der Waals surface area contributed by atoms with Crippen LogP contribution in [0.1, 0.15) is 24.0 Å². The molecule has 1 saturated carbocycles. The van der Waals surface area contributed by atoms with Gasteiger partial charge in [-0.2, -0.15) is 0 Å². The number of carboxylic acids is 1. The zero-order chi connectivity index (χ0) is 12.6. The van der Waals surface area contributed by atoms with Crippen LogP contribution in [-0.4, -0.2) is 24.2 Å². The van der Waals surface area contributed by atoms with Crippen LogP contribution in [-0.2, 0) is 4.79 Å². The largest absolute Gasteiger partial charge is 0.481 e. The summed E-state index contributed by atoms with van der Waals surface area (Å²) in [5, 5.41) is 8.88. The Bertz CT molecular complexity index is 436. The van der Waals surface area contributed by atoms with Crippen molar-refractivity contribution in [1.82, 2.24) is 0 Å². The van der Waals surface area contributed by atoms with E-state index >= 15 is 0 Å². The zero-order valence-electron chi connectivity index (χ0n) is 10.6. The molecule has 1 aromatic carbocycles. The van der Waals surface area contributed by atoms with Crippen LogP contribution in [0.25, 0.3) is 0 Å². The first-order valence-corrected chi connectivity index (χ1v) is 6.02. The third kappa shape index (κ3) is 2.28. The van der Waals surface area contributed by atoms with E-state index in [0.29, 0.717) is 6.04 Å². The van der Waals surface area contributed by atoms with E-state index in [2.05, 4.69) is 44.0 Å². The van der Waals surface area contributed by atoms with Crippen LogP contribution in [0.4, 0.5) is 5.69 Å². The maximum absolute atomic E-state index is 10.8. The van der Waals surface area contributed by atoms with Crippen molar-refractivity contribution in [2.24, 2.45) is 5.92 Å². The fraction of sp³-hybridized carbons (Fsp3) is 0.500. The van der Waals surface area contributed by atoms with Crippen LogP contribution in [0.15, 0.2) is 18.2 Å². The van der Waals surface area contributed by atoms with Crippen LogP contribution in [0, 0.1) is 19.8 Å². The molecule has 17 heavy (non-hydrogen) atoms. The molecule has 0 aliphatic heterocycles. The Morgan fingerprint density at radius 2 is 2.00 bits per heavy atom. The first-order valence-electron chi connectivity index (χ1n) is 6.02. The minimum Gasteiger partial charge on any atom is -0.481 e. The van der Waals surface area contributed by atoms with Crippen molar-refractivity contribution < 1.29 is 9.90 Å². The fourth-order valence-electron chi connectivity index (χ4n) is 2.50. The average Bonchev–Trinajstić information content (AvgIpc) is 2.13. The number of aryl methyl sites for hydroxylation is 2. The number of aliphatic carboxylic acids is 1. The van der Waals surface area contributed by atoms with E-state index < -0.39 is 5.97 Å². The Hall–Kier alpha value is -1.51. The molecule has 0 bridgehead atoms. The van der Waals surface area contributed by atoms with Crippen molar-refractivity contribution in [3.05, 3.63) is 29.3 Å². The summed E-state index contributed by atoms with van der Waals surface area (Å²) in [5.74, 6) is -0.802. The van der Waals surface area contributed by atoms with Gasteiger partial charge in [0.1, 0.15) is 0 Å². The molecule has 0 unspecified atom stereocenters. The van der Waals surface area contributed by atoms with E-state index in [-0.39, 0.29) is 5.92 Å². The van der Waals surface area contributed by atoms with Gasteiger partial charge in [0.05, 0.1) is 5.92 Å². The Balaban J connectivity index is 2.06. The van der Waals surface area contributed by atoms with Gasteiger partial charge in [-0.25, -0.2) is 0 Å². The van der Waals surface area contributed by atoms with Gasteiger partial charge >= 0.3 is 5.97 Å². The van der Waals surface area contributed by atoms with Gasteiger partial charge in [-0.15, -0.1) is 0 Å². The minimum atomic E-state index is -0.657. The van der Waals surface area contributed by atoms with Crippen molar-refractivity contribution >= 4 is 11.7 Å². The van der Waals surface area contributed by atoms with E-state index in [1.54, 1.807) is 0 Å². The van der Waals surface area contributed by atoms with Gasteiger partial charge in [-0.3, -0.25) is 4.79 Å². The Morgan fingerprint density at radius 1 is 1.35 bits per heavy atom. The van der Waals surface area contributed by atoms with Crippen LogP contribution in [0.3, 0.4) is 0 Å². The molecule has 1 aromatic rings. The molecule has 3 nitrogen and oxygen atoms in total. The van der Waals surface area contributed by atoms with Crippen LogP contribution >= 0.6 is 0 Å². The second-order valence-electron chi connectivity index (χ2n) is 5.06. The van der Waals surface area contributed by atoms with Gasteiger partial charge in [0.15, 0.2) is 0 Å². The van der Waals surface area contributed by atoms with Gasteiger partial charge in [-0.1, -0.05) is 17.7 Å².